The lowest BCUT2D eigenvalue weighted by Crippen LogP contribution is -2.54. The van der Waals surface area contributed by atoms with Crippen molar-refractivity contribution in [2.75, 3.05) is 26.2 Å². The summed E-state index contributed by atoms with van der Waals surface area (Å²) < 4.78 is 0. The second kappa shape index (κ2) is 7.99. The van der Waals surface area contributed by atoms with E-state index in [-0.39, 0.29) is 23.8 Å². The maximum atomic E-state index is 12.4. The Morgan fingerprint density at radius 1 is 0.958 bits per heavy atom. The summed E-state index contributed by atoms with van der Waals surface area (Å²) in [4.78, 5) is 39.7. The molecule has 6 nitrogen and oxygen atoms in total. The summed E-state index contributed by atoms with van der Waals surface area (Å²) in [6.45, 7) is 2.41. The van der Waals surface area contributed by atoms with Crippen molar-refractivity contribution in [2.45, 2.75) is 63.8 Å². The molecule has 1 atom stereocenters. The van der Waals surface area contributed by atoms with Crippen LogP contribution >= 0.6 is 0 Å². The van der Waals surface area contributed by atoms with E-state index in [1.165, 1.54) is 32.1 Å². The highest BCUT2D eigenvalue weighted by Crippen LogP contribution is 2.27. The number of hydrogen-bond acceptors (Lipinski definition) is 3. The molecule has 24 heavy (non-hydrogen) atoms. The third-order valence-corrected chi connectivity index (χ3v) is 5.73. The van der Waals surface area contributed by atoms with E-state index < -0.39 is 0 Å². The molecule has 1 saturated carbocycles. The maximum Gasteiger partial charge on any atom is 0.245 e. The van der Waals surface area contributed by atoms with E-state index >= 15 is 0 Å². The van der Waals surface area contributed by atoms with Gasteiger partial charge in [0.15, 0.2) is 0 Å². The van der Waals surface area contributed by atoms with Crippen LogP contribution in [-0.4, -0.2) is 59.7 Å². The van der Waals surface area contributed by atoms with E-state index in [9.17, 15) is 14.4 Å². The van der Waals surface area contributed by atoms with Crippen molar-refractivity contribution in [1.29, 1.82) is 0 Å². The van der Waals surface area contributed by atoms with Gasteiger partial charge in [-0.3, -0.25) is 14.4 Å². The quantitative estimate of drug-likeness (QED) is 0.842. The van der Waals surface area contributed by atoms with Crippen molar-refractivity contribution in [1.82, 2.24) is 15.1 Å². The second-order valence-electron chi connectivity index (χ2n) is 7.41. The Morgan fingerprint density at radius 2 is 1.62 bits per heavy atom. The van der Waals surface area contributed by atoms with Crippen LogP contribution in [0.15, 0.2) is 0 Å². The number of carbonyl (C=O) groups is 3. The monoisotopic (exact) mass is 335 g/mol. The number of carbonyl (C=O) groups excluding carboxylic acids is 3. The Bertz CT molecular complexity index is 480. The maximum absolute atomic E-state index is 12.4. The van der Waals surface area contributed by atoms with Crippen molar-refractivity contribution in [3.8, 4) is 0 Å². The zero-order valence-electron chi connectivity index (χ0n) is 14.5. The lowest BCUT2D eigenvalue weighted by atomic mass is 9.86. The van der Waals surface area contributed by atoms with Gasteiger partial charge in [-0.05, 0) is 18.8 Å². The molecule has 2 aliphatic heterocycles. The van der Waals surface area contributed by atoms with E-state index in [2.05, 4.69) is 5.32 Å². The van der Waals surface area contributed by atoms with Gasteiger partial charge in [-0.2, -0.15) is 0 Å². The minimum Gasteiger partial charge on any atom is -0.344 e. The zero-order valence-corrected chi connectivity index (χ0v) is 14.5. The summed E-state index contributed by atoms with van der Waals surface area (Å²) >= 11 is 0. The number of hydrogen-bond donors (Lipinski definition) is 1. The summed E-state index contributed by atoms with van der Waals surface area (Å²) in [5.74, 6) is 0.943. The summed E-state index contributed by atoms with van der Waals surface area (Å²) in [5, 5.41) is 2.73. The minimum atomic E-state index is -0.356. The van der Waals surface area contributed by atoms with Crippen LogP contribution < -0.4 is 5.32 Å². The van der Waals surface area contributed by atoms with Gasteiger partial charge in [0.05, 0.1) is 0 Å². The number of rotatable bonds is 4. The smallest absolute Gasteiger partial charge is 0.245 e. The molecule has 0 aromatic carbocycles. The molecule has 0 unspecified atom stereocenters. The molecule has 0 aromatic heterocycles. The lowest BCUT2D eigenvalue weighted by Gasteiger charge is -2.36. The molecule has 0 radical (unpaired) electrons. The standard InChI is InChI=1S/C18H29N3O3/c22-16-8-7-15(19-16)18(24)21-12-10-20(11-13-21)17(23)9-6-14-4-2-1-3-5-14/h14-15H,1-13H2,(H,19,22)/t15-/m0/s1. The normalized spacial score (nSPS) is 25.7. The first kappa shape index (κ1) is 17.2. The largest absolute Gasteiger partial charge is 0.344 e. The Morgan fingerprint density at radius 3 is 2.25 bits per heavy atom. The highest BCUT2D eigenvalue weighted by atomic mass is 16.2. The molecule has 3 aliphatic rings. The lowest BCUT2D eigenvalue weighted by molar-refractivity contribution is -0.141. The number of nitrogens with zero attached hydrogens (tertiary/aromatic N) is 2. The molecule has 2 heterocycles. The third kappa shape index (κ3) is 4.28. The Hall–Kier alpha value is -1.59. The van der Waals surface area contributed by atoms with Crippen LogP contribution in [0.3, 0.4) is 0 Å². The predicted octanol–water partition coefficient (Wildman–Crippen LogP) is 1.30. The van der Waals surface area contributed by atoms with Crippen molar-refractivity contribution in [3.63, 3.8) is 0 Å². The van der Waals surface area contributed by atoms with Crippen molar-refractivity contribution in [2.24, 2.45) is 5.92 Å². The van der Waals surface area contributed by atoms with E-state index in [4.69, 9.17) is 0 Å². The molecule has 0 spiro atoms. The van der Waals surface area contributed by atoms with E-state index in [0.29, 0.717) is 45.4 Å². The first-order valence-corrected chi connectivity index (χ1v) is 9.49. The molecule has 3 rings (SSSR count). The van der Waals surface area contributed by atoms with Gasteiger partial charge in [0.1, 0.15) is 6.04 Å². The highest BCUT2D eigenvalue weighted by molar-refractivity contribution is 5.91. The molecule has 1 aliphatic carbocycles. The third-order valence-electron chi connectivity index (χ3n) is 5.73. The van der Waals surface area contributed by atoms with Gasteiger partial charge in [0.25, 0.3) is 0 Å². The average Bonchev–Trinajstić information content (AvgIpc) is 3.06. The Kier molecular flexibility index (Phi) is 5.74. The van der Waals surface area contributed by atoms with Crippen molar-refractivity contribution < 1.29 is 14.4 Å². The molecule has 6 heteroatoms. The van der Waals surface area contributed by atoms with Crippen molar-refractivity contribution in [3.05, 3.63) is 0 Å². The summed E-state index contributed by atoms with van der Waals surface area (Å²) in [6, 6.07) is -0.356. The fourth-order valence-electron chi connectivity index (χ4n) is 4.16. The summed E-state index contributed by atoms with van der Waals surface area (Å²) in [5.41, 5.74) is 0. The first-order valence-electron chi connectivity index (χ1n) is 9.49. The molecule has 3 fully saturated rings. The topological polar surface area (TPSA) is 69.7 Å². The Labute approximate surface area is 143 Å². The molecular weight excluding hydrogens is 306 g/mol. The minimum absolute atomic E-state index is 0.00940. The number of piperazine rings is 1. The zero-order chi connectivity index (χ0) is 16.9. The first-order chi connectivity index (χ1) is 11.6. The van der Waals surface area contributed by atoms with Gasteiger partial charge in [-0.1, -0.05) is 32.1 Å². The van der Waals surface area contributed by atoms with Gasteiger partial charge in [0, 0.05) is 39.0 Å². The van der Waals surface area contributed by atoms with Crippen LogP contribution in [0.5, 0.6) is 0 Å². The fraction of sp³-hybridized carbons (Fsp3) is 0.833. The molecule has 2 saturated heterocycles. The van der Waals surface area contributed by atoms with E-state index in [1.807, 2.05) is 4.90 Å². The highest BCUT2D eigenvalue weighted by Gasteiger charge is 2.33. The molecular formula is C18H29N3O3. The van der Waals surface area contributed by atoms with Gasteiger partial charge >= 0.3 is 0 Å². The van der Waals surface area contributed by atoms with Gasteiger partial charge in [-0.15, -0.1) is 0 Å². The molecule has 3 amide bonds. The van der Waals surface area contributed by atoms with Gasteiger partial charge < -0.3 is 15.1 Å². The average molecular weight is 335 g/mol. The van der Waals surface area contributed by atoms with Crippen LogP contribution in [0.4, 0.5) is 0 Å². The van der Waals surface area contributed by atoms with Crippen LogP contribution in [0, 0.1) is 5.92 Å². The molecule has 1 N–H and O–H groups in total. The molecule has 0 bridgehead atoms. The van der Waals surface area contributed by atoms with Gasteiger partial charge in [0.2, 0.25) is 17.7 Å². The van der Waals surface area contributed by atoms with Crippen LogP contribution in [0.25, 0.3) is 0 Å². The van der Waals surface area contributed by atoms with E-state index in [0.717, 1.165) is 12.3 Å². The fourth-order valence-corrected chi connectivity index (χ4v) is 4.16. The SMILES string of the molecule is O=C1CC[C@@H](C(=O)N2CCN(C(=O)CCC3CCCCC3)CC2)N1. The number of amides is 3. The van der Waals surface area contributed by atoms with Crippen LogP contribution in [0.2, 0.25) is 0 Å². The Balaban J connectivity index is 1.38. The molecule has 0 aromatic rings. The molecule has 134 valence electrons. The second-order valence-corrected chi connectivity index (χ2v) is 7.41. The number of nitrogens with one attached hydrogen (secondary N) is 1. The van der Waals surface area contributed by atoms with E-state index in [1.54, 1.807) is 4.90 Å². The van der Waals surface area contributed by atoms with Gasteiger partial charge in [-0.25, -0.2) is 0 Å². The summed E-state index contributed by atoms with van der Waals surface area (Å²) in [7, 11) is 0. The summed E-state index contributed by atoms with van der Waals surface area (Å²) in [6.07, 6.45) is 9.25. The van der Waals surface area contributed by atoms with Crippen LogP contribution in [0.1, 0.15) is 57.8 Å². The van der Waals surface area contributed by atoms with Crippen LogP contribution in [-0.2, 0) is 14.4 Å². The predicted molar refractivity (Wildman–Crippen MR) is 90.1 cm³/mol. The van der Waals surface area contributed by atoms with Crippen molar-refractivity contribution >= 4 is 17.7 Å².